The average Bonchev–Trinajstić information content (AvgIpc) is 3.26. The molecule has 0 radical (unpaired) electrons. The Morgan fingerprint density at radius 3 is 2.42 bits per heavy atom. The molecule has 0 saturated heterocycles. The summed E-state index contributed by atoms with van der Waals surface area (Å²) in [5.74, 6) is 0.847. The van der Waals surface area contributed by atoms with E-state index in [1.165, 1.54) is 0 Å². The molecule has 2 aromatic carbocycles. The van der Waals surface area contributed by atoms with Gasteiger partial charge in [-0.2, -0.15) is 0 Å². The minimum absolute atomic E-state index is 0.108. The number of aliphatic carboxylic acids is 1. The fraction of sp³-hybridized carbons (Fsp3) is 0.226. The second-order valence-corrected chi connectivity index (χ2v) is 9.99. The summed E-state index contributed by atoms with van der Waals surface area (Å²) >= 11 is 12.5. The van der Waals surface area contributed by atoms with Gasteiger partial charge < -0.3 is 14.4 Å². The van der Waals surface area contributed by atoms with E-state index in [0.29, 0.717) is 29.5 Å². The first kappa shape index (κ1) is 27.5. The van der Waals surface area contributed by atoms with Gasteiger partial charge in [-0.05, 0) is 78.5 Å². The van der Waals surface area contributed by atoms with Crippen molar-refractivity contribution in [3.63, 3.8) is 0 Å². The molecule has 1 aromatic heterocycles. The summed E-state index contributed by atoms with van der Waals surface area (Å²) in [5, 5.41) is 10.0. The van der Waals surface area contributed by atoms with Crippen molar-refractivity contribution >= 4 is 46.4 Å². The van der Waals surface area contributed by atoms with Crippen LogP contribution in [-0.4, -0.2) is 27.2 Å². The molecule has 0 saturated carbocycles. The topological polar surface area (TPSA) is 64.4 Å². The zero-order chi connectivity index (χ0) is 27.1. The first-order valence-electron chi connectivity index (χ1n) is 12.6. The molecule has 1 aliphatic carbocycles. The molecule has 0 unspecified atom stereocenters. The first-order valence-corrected chi connectivity index (χ1v) is 13.3. The van der Waals surface area contributed by atoms with Crippen molar-refractivity contribution in [3.05, 3.63) is 100 Å². The molecule has 0 spiro atoms. The van der Waals surface area contributed by atoms with Gasteiger partial charge in [-0.25, -0.2) is 4.98 Å². The number of carbonyl (C=O) groups is 1. The highest BCUT2D eigenvalue weighted by Crippen LogP contribution is 2.30. The number of carboxylic acid groups (broad SMARTS) is 1. The van der Waals surface area contributed by atoms with E-state index in [2.05, 4.69) is 55.0 Å². The van der Waals surface area contributed by atoms with Crippen LogP contribution in [-0.2, 0) is 11.3 Å². The number of nitrogens with zero attached hydrogens (tertiary/aromatic N) is 2. The minimum Gasteiger partial charge on any atom is -0.494 e. The smallest absolute Gasteiger partial charge is 0.303 e. The highest BCUT2D eigenvalue weighted by atomic mass is 35.5. The predicted molar refractivity (Wildman–Crippen MR) is 156 cm³/mol. The van der Waals surface area contributed by atoms with Crippen LogP contribution in [0.3, 0.4) is 0 Å². The molecule has 38 heavy (non-hydrogen) atoms. The Bertz CT molecular complexity index is 1410. The van der Waals surface area contributed by atoms with Crippen molar-refractivity contribution in [2.24, 2.45) is 0 Å². The average molecular weight is 549 g/mol. The van der Waals surface area contributed by atoms with Crippen molar-refractivity contribution in [2.45, 2.75) is 39.7 Å². The number of hydrogen-bond donors (Lipinski definition) is 1. The predicted octanol–water partition coefficient (Wildman–Crippen LogP) is 8.41. The second-order valence-electron chi connectivity index (χ2n) is 9.07. The first-order chi connectivity index (χ1) is 18.3. The van der Waals surface area contributed by atoms with Crippen molar-refractivity contribution in [1.29, 1.82) is 0 Å². The summed E-state index contributed by atoms with van der Waals surface area (Å²) in [6, 6.07) is 16.2. The van der Waals surface area contributed by atoms with E-state index in [4.69, 9.17) is 38.0 Å². The van der Waals surface area contributed by atoms with Crippen molar-refractivity contribution < 1.29 is 14.6 Å². The van der Waals surface area contributed by atoms with E-state index in [1.807, 2.05) is 36.4 Å². The van der Waals surface area contributed by atoms with E-state index in [9.17, 15) is 4.79 Å². The third kappa shape index (κ3) is 7.27. The van der Waals surface area contributed by atoms with E-state index in [0.717, 1.165) is 51.6 Å². The Morgan fingerprint density at radius 1 is 1.08 bits per heavy atom. The van der Waals surface area contributed by atoms with Gasteiger partial charge in [0.1, 0.15) is 11.6 Å². The summed E-state index contributed by atoms with van der Waals surface area (Å²) in [6.45, 7) is 5.37. The molecule has 0 aliphatic heterocycles. The molecule has 3 aromatic rings. The number of imidazole rings is 1. The summed E-state index contributed by atoms with van der Waals surface area (Å²) in [7, 11) is 0. The fourth-order valence-electron chi connectivity index (χ4n) is 4.22. The monoisotopic (exact) mass is 548 g/mol. The number of allylic oxidation sites excluding steroid dienone is 7. The second kappa shape index (κ2) is 12.8. The van der Waals surface area contributed by atoms with Gasteiger partial charge in [0.2, 0.25) is 0 Å². The maximum Gasteiger partial charge on any atom is 0.303 e. The molecule has 4 rings (SSSR count). The number of benzene rings is 2. The van der Waals surface area contributed by atoms with Crippen LogP contribution in [0.2, 0.25) is 0 Å². The molecule has 5 nitrogen and oxygen atoms in total. The summed E-state index contributed by atoms with van der Waals surface area (Å²) in [4.78, 5) is 15.5. The minimum atomic E-state index is -0.809. The molecular formula is C31H30Cl2N2O3. The molecule has 1 aliphatic rings. The Kier molecular flexibility index (Phi) is 9.27. The Morgan fingerprint density at radius 2 is 1.76 bits per heavy atom. The Labute approximate surface area is 233 Å². The molecule has 0 fully saturated rings. The lowest BCUT2D eigenvalue weighted by molar-refractivity contribution is -0.137. The summed E-state index contributed by atoms with van der Waals surface area (Å²) < 4.78 is 7.78. The molecule has 0 bridgehead atoms. The van der Waals surface area contributed by atoms with Crippen LogP contribution in [0.4, 0.5) is 0 Å². The Balaban J connectivity index is 1.46. The van der Waals surface area contributed by atoms with E-state index in [-0.39, 0.29) is 6.42 Å². The highest BCUT2D eigenvalue weighted by Gasteiger charge is 2.14. The lowest BCUT2D eigenvalue weighted by Crippen LogP contribution is -2.01. The van der Waals surface area contributed by atoms with Crippen LogP contribution in [0.5, 0.6) is 5.75 Å². The summed E-state index contributed by atoms with van der Waals surface area (Å²) in [6.07, 6.45) is 11.0. The Hall–Kier alpha value is -3.54. The zero-order valence-electron chi connectivity index (χ0n) is 21.5. The molecule has 0 atom stereocenters. The van der Waals surface area contributed by atoms with Gasteiger partial charge in [0.15, 0.2) is 0 Å². The van der Waals surface area contributed by atoms with Gasteiger partial charge in [0, 0.05) is 35.6 Å². The van der Waals surface area contributed by atoms with Crippen LogP contribution in [0.25, 0.3) is 28.3 Å². The van der Waals surface area contributed by atoms with E-state index >= 15 is 0 Å². The van der Waals surface area contributed by atoms with Crippen molar-refractivity contribution in [3.8, 4) is 16.9 Å². The third-order valence-corrected chi connectivity index (χ3v) is 6.66. The van der Waals surface area contributed by atoms with Crippen LogP contribution in [0, 0.1) is 0 Å². The molecule has 1 heterocycles. The van der Waals surface area contributed by atoms with Gasteiger partial charge in [-0.15, -0.1) is 0 Å². The number of carboxylic acids is 1. The standard InChI is InChI=1S/C31H30Cl2N2O3/c1-3-35-20-29(25-10-13-26(32)19-27(33)18-25)34-31(35)21(2)17-22-6-8-23(9-7-22)24-11-14-28(15-12-24)38-16-4-5-30(36)37/h6-15,17,19-20H,3-5,16,18H2,1-2H3,(H,36,37)/b21-17+. The van der Waals surface area contributed by atoms with Crippen LogP contribution >= 0.6 is 23.2 Å². The van der Waals surface area contributed by atoms with Crippen molar-refractivity contribution in [1.82, 2.24) is 9.55 Å². The fourth-order valence-corrected chi connectivity index (χ4v) is 4.73. The van der Waals surface area contributed by atoms with Gasteiger partial charge in [-0.3, -0.25) is 4.79 Å². The maximum atomic E-state index is 10.6. The van der Waals surface area contributed by atoms with Gasteiger partial charge in [0.25, 0.3) is 0 Å². The highest BCUT2D eigenvalue weighted by molar-refractivity contribution is 6.35. The van der Waals surface area contributed by atoms with Crippen LogP contribution in [0.1, 0.15) is 50.2 Å². The van der Waals surface area contributed by atoms with Crippen LogP contribution in [0.15, 0.2) is 83.0 Å². The third-order valence-electron chi connectivity index (χ3n) is 6.18. The zero-order valence-corrected chi connectivity index (χ0v) is 23.0. The number of rotatable bonds is 10. The quantitative estimate of drug-likeness (QED) is 0.258. The lowest BCUT2D eigenvalue weighted by Gasteiger charge is -2.08. The summed E-state index contributed by atoms with van der Waals surface area (Å²) in [5.41, 5.74) is 6.27. The van der Waals surface area contributed by atoms with Crippen LogP contribution < -0.4 is 4.74 Å². The maximum absolute atomic E-state index is 10.6. The van der Waals surface area contributed by atoms with Gasteiger partial charge in [-0.1, -0.05) is 65.7 Å². The van der Waals surface area contributed by atoms with E-state index in [1.54, 1.807) is 6.08 Å². The van der Waals surface area contributed by atoms with Gasteiger partial charge >= 0.3 is 5.97 Å². The molecule has 196 valence electrons. The lowest BCUT2D eigenvalue weighted by atomic mass is 10.0. The number of halogens is 2. The van der Waals surface area contributed by atoms with Gasteiger partial charge in [0.05, 0.1) is 12.3 Å². The SMILES string of the molecule is CCn1cc(C2=CC=C(Cl)C=C(Cl)C2)nc1/C(C)=C/c1ccc(-c2ccc(OCCCC(=O)O)cc2)cc1. The number of ether oxygens (including phenoxy) is 1. The molecule has 7 heteroatoms. The van der Waals surface area contributed by atoms with E-state index < -0.39 is 5.97 Å². The normalized spacial score (nSPS) is 13.9. The number of aryl methyl sites for hydroxylation is 1. The number of hydrogen-bond acceptors (Lipinski definition) is 3. The van der Waals surface area contributed by atoms with Crippen molar-refractivity contribution in [2.75, 3.05) is 6.61 Å². The molecular weight excluding hydrogens is 519 g/mol. The molecule has 0 amide bonds. The number of aromatic nitrogens is 2. The largest absolute Gasteiger partial charge is 0.494 e. The molecule has 1 N–H and O–H groups in total.